The van der Waals surface area contributed by atoms with Gasteiger partial charge in [0.25, 0.3) is 17.7 Å². The van der Waals surface area contributed by atoms with Crippen LogP contribution in [-0.2, 0) is 4.79 Å². The number of ether oxygens (including phenoxy) is 2. The number of amides is 1. The number of hydrogen-bond donors (Lipinski definition) is 4. The fraction of sp³-hybridized carbons (Fsp3) is 0.259. The number of carbonyl (C=O) groups excluding carboxylic acids is 1. The Balaban J connectivity index is 1.78. The predicted octanol–water partition coefficient (Wildman–Crippen LogP) is 3.94. The molecule has 1 saturated heterocycles. The number of benzene rings is 2. The molecule has 1 aliphatic rings. The van der Waals surface area contributed by atoms with E-state index in [1.165, 1.54) is 46.2 Å². The number of halogens is 2. The lowest BCUT2D eigenvalue weighted by Crippen LogP contribution is -2.37. The van der Waals surface area contributed by atoms with Gasteiger partial charge in [0.1, 0.15) is 17.3 Å². The maximum Gasteiger partial charge on any atom is 0.306 e. The van der Waals surface area contributed by atoms with Crippen molar-refractivity contribution in [1.29, 1.82) is 5.41 Å². The number of carbonyl (C=O) groups is 2. The van der Waals surface area contributed by atoms with E-state index in [1.807, 2.05) is 0 Å². The maximum atomic E-state index is 15.8. The van der Waals surface area contributed by atoms with Crippen molar-refractivity contribution in [3.63, 3.8) is 0 Å². The van der Waals surface area contributed by atoms with Crippen molar-refractivity contribution in [2.24, 2.45) is 11.7 Å². The van der Waals surface area contributed by atoms with Gasteiger partial charge in [0, 0.05) is 38.3 Å². The van der Waals surface area contributed by atoms with Gasteiger partial charge in [-0.05, 0) is 49.2 Å². The predicted molar refractivity (Wildman–Crippen MR) is 140 cm³/mol. The number of anilines is 1. The first-order chi connectivity index (χ1) is 19.0. The lowest BCUT2D eigenvalue weighted by molar-refractivity contribution is -0.142. The number of phenolic OH excluding ortho intramolecular Hbond substituents is 1. The molecule has 11 nitrogen and oxygen atoms in total. The number of aromatic hydroxyl groups is 1. The molecule has 1 aliphatic heterocycles. The molecule has 1 fully saturated rings. The van der Waals surface area contributed by atoms with Crippen LogP contribution in [0.2, 0.25) is 0 Å². The minimum Gasteiger partial charge on any atom is -0.504 e. The number of nitrogen functional groups attached to an aromatic ring is 1. The zero-order chi connectivity index (χ0) is 29.1. The van der Waals surface area contributed by atoms with Crippen LogP contribution >= 0.6 is 0 Å². The molecule has 0 saturated carbocycles. The molecular formula is C27H27F2N5O6. The average Bonchev–Trinajstić information content (AvgIpc) is 2.92. The van der Waals surface area contributed by atoms with Crippen LogP contribution in [-0.4, -0.2) is 65.0 Å². The molecule has 5 N–H and O–H groups in total. The molecule has 4 rings (SSSR count). The van der Waals surface area contributed by atoms with Crippen LogP contribution < -0.4 is 20.1 Å². The highest BCUT2D eigenvalue weighted by Crippen LogP contribution is 2.41. The van der Waals surface area contributed by atoms with Crippen molar-refractivity contribution in [1.82, 2.24) is 9.88 Å². The first-order valence-electron chi connectivity index (χ1n) is 12.2. The molecule has 2 aromatic carbocycles. The van der Waals surface area contributed by atoms with E-state index in [0.29, 0.717) is 0 Å². The molecule has 13 heteroatoms. The van der Waals surface area contributed by atoms with Gasteiger partial charge in [0.2, 0.25) is 11.6 Å². The summed E-state index contributed by atoms with van der Waals surface area (Å²) in [6.45, 7) is 0.0667. The van der Waals surface area contributed by atoms with Crippen molar-refractivity contribution in [3.05, 3.63) is 65.2 Å². The highest BCUT2D eigenvalue weighted by molar-refractivity contribution is 5.95. The van der Waals surface area contributed by atoms with Crippen LogP contribution in [0.3, 0.4) is 0 Å². The van der Waals surface area contributed by atoms with Gasteiger partial charge >= 0.3 is 5.97 Å². The average molecular weight is 556 g/mol. The number of aliphatic carboxylic acids is 1. The molecule has 40 heavy (non-hydrogen) atoms. The van der Waals surface area contributed by atoms with Crippen LogP contribution in [0.5, 0.6) is 29.0 Å². The van der Waals surface area contributed by atoms with Gasteiger partial charge in [0.15, 0.2) is 11.5 Å². The van der Waals surface area contributed by atoms with Gasteiger partial charge in [-0.3, -0.25) is 15.0 Å². The number of carboxylic acids is 1. The molecular weight excluding hydrogens is 528 g/mol. The Bertz CT molecular complexity index is 1470. The van der Waals surface area contributed by atoms with Crippen molar-refractivity contribution in [2.75, 3.05) is 32.1 Å². The summed E-state index contributed by atoms with van der Waals surface area (Å²) < 4.78 is 42.8. The van der Waals surface area contributed by atoms with Crippen LogP contribution in [0, 0.1) is 23.0 Å². The molecule has 0 spiro atoms. The summed E-state index contributed by atoms with van der Waals surface area (Å²) in [4.78, 5) is 30.3. The summed E-state index contributed by atoms with van der Waals surface area (Å²) in [6, 6.07) is 9.63. The maximum absolute atomic E-state index is 15.8. The number of carboxylic acid groups (broad SMARTS) is 1. The molecule has 0 aliphatic carbocycles. The minimum absolute atomic E-state index is 0.0333. The van der Waals surface area contributed by atoms with Gasteiger partial charge in [-0.15, -0.1) is 0 Å². The molecule has 210 valence electrons. The Kier molecular flexibility index (Phi) is 8.03. The van der Waals surface area contributed by atoms with Crippen LogP contribution in [0.4, 0.5) is 14.5 Å². The Morgan fingerprint density at radius 2 is 1.70 bits per heavy atom. The van der Waals surface area contributed by atoms with E-state index in [9.17, 15) is 19.8 Å². The second-order valence-electron chi connectivity index (χ2n) is 9.33. The van der Waals surface area contributed by atoms with Crippen LogP contribution in [0.1, 0.15) is 28.8 Å². The van der Waals surface area contributed by atoms with E-state index < -0.39 is 46.7 Å². The van der Waals surface area contributed by atoms with Gasteiger partial charge in [0.05, 0.1) is 5.92 Å². The van der Waals surface area contributed by atoms with Gasteiger partial charge < -0.3 is 35.2 Å². The fourth-order valence-corrected chi connectivity index (χ4v) is 4.18. The molecule has 2 heterocycles. The minimum atomic E-state index is -1.21. The summed E-state index contributed by atoms with van der Waals surface area (Å²) in [7, 11) is 3.13. The highest BCUT2D eigenvalue weighted by atomic mass is 19.1. The number of rotatable bonds is 8. The third-order valence-electron chi connectivity index (χ3n) is 6.33. The largest absolute Gasteiger partial charge is 0.504 e. The lowest BCUT2D eigenvalue weighted by atomic mass is 9.97. The summed E-state index contributed by atoms with van der Waals surface area (Å²) in [5.74, 6) is -6.79. The zero-order valence-electron chi connectivity index (χ0n) is 21.6. The number of phenols is 1. The van der Waals surface area contributed by atoms with E-state index in [-0.39, 0.29) is 60.3 Å². The number of piperidine rings is 1. The Labute approximate surface area is 227 Å². The van der Waals surface area contributed by atoms with E-state index in [0.717, 1.165) is 0 Å². The molecule has 0 radical (unpaired) electrons. The number of nitrogens with two attached hydrogens (primary N) is 1. The number of hydrogen-bond acceptors (Lipinski definition) is 8. The number of aromatic nitrogens is 1. The topological polar surface area (TPSA) is 162 Å². The molecule has 0 unspecified atom stereocenters. The molecule has 0 bridgehead atoms. The Hall–Kier alpha value is -4.94. The first-order valence-corrected chi connectivity index (χ1v) is 12.2. The number of amidine groups is 1. The number of nitrogens with one attached hydrogen (secondary N) is 1. The molecule has 1 amide bonds. The third-order valence-corrected chi connectivity index (χ3v) is 6.33. The van der Waals surface area contributed by atoms with E-state index in [2.05, 4.69) is 4.98 Å². The lowest BCUT2D eigenvalue weighted by Gasteiger charge is -2.32. The van der Waals surface area contributed by atoms with Crippen molar-refractivity contribution >= 4 is 23.4 Å². The van der Waals surface area contributed by atoms with Gasteiger partial charge in [-0.1, -0.05) is 6.07 Å². The highest BCUT2D eigenvalue weighted by Gasteiger charge is 2.32. The summed E-state index contributed by atoms with van der Waals surface area (Å²) in [6.07, 6.45) is 0.304. The van der Waals surface area contributed by atoms with Gasteiger partial charge in [-0.25, -0.2) is 0 Å². The second-order valence-corrected chi connectivity index (χ2v) is 9.33. The summed E-state index contributed by atoms with van der Waals surface area (Å²) >= 11 is 0. The van der Waals surface area contributed by atoms with Gasteiger partial charge in [-0.2, -0.15) is 13.8 Å². The second kappa shape index (κ2) is 11.4. The molecule has 3 aromatic rings. The summed E-state index contributed by atoms with van der Waals surface area (Å²) in [5.41, 5.74) is 5.38. The summed E-state index contributed by atoms with van der Waals surface area (Å²) in [5, 5.41) is 27.2. The number of nitrogens with zero attached hydrogens (tertiary/aromatic N) is 3. The van der Waals surface area contributed by atoms with Crippen molar-refractivity contribution in [2.45, 2.75) is 12.8 Å². The van der Waals surface area contributed by atoms with E-state index in [4.69, 9.17) is 20.6 Å². The van der Waals surface area contributed by atoms with E-state index >= 15 is 8.78 Å². The normalized spacial score (nSPS) is 13.6. The Morgan fingerprint density at radius 3 is 2.30 bits per heavy atom. The molecule has 0 atom stereocenters. The van der Waals surface area contributed by atoms with Crippen LogP contribution in [0.25, 0.3) is 0 Å². The SMILES string of the molecule is CN(C)C(=O)c1cccc(Oc2nc(Oc3cc(C(=N)N)ccc3O)c(F)c(N3CCC(C(=O)O)CC3)c2F)c1. The Morgan fingerprint density at radius 1 is 1.05 bits per heavy atom. The van der Waals surface area contributed by atoms with Crippen molar-refractivity contribution < 1.29 is 38.1 Å². The van der Waals surface area contributed by atoms with Crippen LogP contribution in [0.15, 0.2) is 42.5 Å². The fourth-order valence-electron chi connectivity index (χ4n) is 4.18. The van der Waals surface area contributed by atoms with E-state index in [1.54, 1.807) is 20.2 Å². The molecule has 1 aromatic heterocycles. The standard InChI is InChI=1S/C27H27F2N5O6/c1-33(2)26(36)16-4-3-5-17(12-16)39-24-20(28)22(34-10-8-14(9-11-34)27(37)38)21(29)25(32-24)40-19-13-15(23(30)31)6-7-18(19)35/h3-7,12-14,35H,8-11H2,1-2H3,(H3,30,31)(H,37,38). The van der Waals surface area contributed by atoms with Crippen molar-refractivity contribution in [3.8, 4) is 29.0 Å². The smallest absolute Gasteiger partial charge is 0.306 e. The number of pyridine rings is 1. The zero-order valence-corrected chi connectivity index (χ0v) is 21.6. The monoisotopic (exact) mass is 555 g/mol. The third kappa shape index (κ3) is 5.87. The first kappa shape index (κ1) is 28.1. The quantitative estimate of drug-likeness (QED) is 0.238.